The van der Waals surface area contributed by atoms with Crippen molar-refractivity contribution in [2.24, 2.45) is 5.92 Å². The predicted molar refractivity (Wildman–Crippen MR) is 66.0 cm³/mol. The van der Waals surface area contributed by atoms with Gasteiger partial charge < -0.3 is 5.11 Å². The number of aliphatic carboxylic acids is 1. The van der Waals surface area contributed by atoms with Gasteiger partial charge in [0.25, 0.3) is 0 Å². The number of rotatable bonds is 2. The highest BCUT2D eigenvalue weighted by Crippen LogP contribution is 2.34. The van der Waals surface area contributed by atoms with Crippen LogP contribution in [0.25, 0.3) is 0 Å². The third kappa shape index (κ3) is 2.59. The molecule has 1 unspecified atom stereocenters. The summed E-state index contributed by atoms with van der Waals surface area (Å²) in [6, 6.07) is 6.33. The fourth-order valence-corrected chi connectivity index (χ4v) is 3.53. The molecule has 0 aliphatic carbocycles. The van der Waals surface area contributed by atoms with Crippen molar-refractivity contribution < 1.29 is 9.90 Å². The maximum absolute atomic E-state index is 10.8. The van der Waals surface area contributed by atoms with Crippen LogP contribution >= 0.6 is 11.8 Å². The van der Waals surface area contributed by atoms with Crippen LogP contribution in [0.3, 0.4) is 0 Å². The molecule has 1 heterocycles. The Bertz CT molecular complexity index is 401. The first kappa shape index (κ1) is 11.5. The smallest absolute Gasteiger partial charge is 0.303 e. The summed E-state index contributed by atoms with van der Waals surface area (Å²) in [6.45, 7) is 2.13. The van der Waals surface area contributed by atoms with Crippen molar-refractivity contribution in [1.82, 2.24) is 0 Å². The van der Waals surface area contributed by atoms with Gasteiger partial charge in [-0.2, -0.15) is 0 Å². The van der Waals surface area contributed by atoms with E-state index in [0.717, 1.165) is 18.6 Å². The van der Waals surface area contributed by atoms with Gasteiger partial charge in [0.2, 0.25) is 0 Å². The van der Waals surface area contributed by atoms with Gasteiger partial charge in [-0.05, 0) is 42.6 Å². The summed E-state index contributed by atoms with van der Waals surface area (Å²) in [5, 5.41) is 8.85. The molecular formula is C13H16O2S. The second-order valence-corrected chi connectivity index (χ2v) is 5.47. The van der Waals surface area contributed by atoms with Crippen LogP contribution in [0.5, 0.6) is 0 Å². The van der Waals surface area contributed by atoms with Crippen LogP contribution in [0.2, 0.25) is 0 Å². The molecule has 0 amide bonds. The fraction of sp³-hybridized carbons (Fsp3) is 0.462. The molecule has 0 spiro atoms. The molecule has 86 valence electrons. The Kier molecular flexibility index (Phi) is 3.54. The molecule has 0 saturated heterocycles. The maximum Gasteiger partial charge on any atom is 0.303 e. The number of thioether (sulfide) groups is 1. The van der Waals surface area contributed by atoms with E-state index in [1.165, 1.54) is 16.0 Å². The van der Waals surface area contributed by atoms with Crippen molar-refractivity contribution in [2.75, 3.05) is 5.75 Å². The van der Waals surface area contributed by atoms with Crippen molar-refractivity contribution >= 4 is 17.7 Å². The van der Waals surface area contributed by atoms with Crippen molar-refractivity contribution in [3.05, 3.63) is 29.3 Å². The first-order valence-electron chi connectivity index (χ1n) is 5.60. The number of carbonyl (C=O) groups is 1. The first-order valence-corrected chi connectivity index (χ1v) is 6.58. The summed E-state index contributed by atoms with van der Waals surface area (Å²) in [6.07, 6.45) is 2.22. The lowest BCUT2D eigenvalue weighted by atomic mass is 9.93. The molecular weight excluding hydrogens is 220 g/mol. The zero-order chi connectivity index (χ0) is 11.5. The third-order valence-electron chi connectivity index (χ3n) is 3.04. The molecule has 1 atom stereocenters. The van der Waals surface area contributed by atoms with Crippen LogP contribution in [0.15, 0.2) is 23.1 Å². The van der Waals surface area contributed by atoms with E-state index in [2.05, 4.69) is 25.1 Å². The Morgan fingerprint density at radius 3 is 3.12 bits per heavy atom. The SMILES string of the molecule is Cc1cccc2c1SCCC(CC(=O)O)C2. The van der Waals surface area contributed by atoms with Gasteiger partial charge in [-0.3, -0.25) is 4.79 Å². The van der Waals surface area contributed by atoms with Gasteiger partial charge in [0.05, 0.1) is 0 Å². The van der Waals surface area contributed by atoms with Gasteiger partial charge in [-0.25, -0.2) is 0 Å². The summed E-state index contributed by atoms with van der Waals surface area (Å²) < 4.78 is 0. The largest absolute Gasteiger partial charge is 0.481 e. The van der Waals surface area contributed by atoms with E-state index >= 15 is 0 Å². The normalized spacial score (nSPS) is 19.9. The highest BCUT2D eigenvalue weighted by atomic mass is 32.2. The second-order valence-electron chi connectivity index (χ2n) is 4.37. The first-order chi connectivity index (χ1) is 7.66. The third-order valence-corrected chi connectivity index (χ3v) is 4.35. The van der Waals surface area contributed by atoms with Crippen molar-refractivity contribution in [2.45, 2.75) is 31.1 Å². The minimum absolute atomic E-state index is 0.299. The lowest BCUT2D eigenvalue weighted by molar-refractivity contribution is -0.138. The molecule has 1 aliphatic heterocycles. The Labute approximate surface area is 100 Å². The summed E-state index contributed by atoms with van der Waals surface area (Å²) in [7, 11) is 0. The van der Waals surface area contributed by atoms with Gasteiger partial charge in [0, 0.05) is 11.3 Å². The standard InChI is InChI=1S/C13H16O2S/c1-9-3-2-4-11-7-10(8-12(14)15)5-6-16-13(9)11/h2-4,10H,5-8H2,1H3,(H,14,15). The van der Waals surface area contributed by atoms with E-state index in [1.807, 2.05) is 11.8 Å². The number of fused-ring (bicyclic) bond motifs is 1. The average Bonchev–Trinajstić information content (AvgIpc) is 2.39. The van der Waals surface area contributed by atoms with Crippen LogP contribution in [-0.4, -0.2) is 16.8 Å². The van der Waals surface area contributed by atoms with Crippen molar-refractivity contribution in [3.8, 4) is 0 Å². The Morgan fingerprint density at radius 2 is 2.38 bits per heavy atom. The number of hydrogen-bond donors (Lipinski definition) is 1. The lowest BCUT2D eigenvalue weighted by Crippen LogP contribution is -2.10. The molecule has 2 nitrogen and oxygen atoms in total. The molecule has 0 aromatic heterocycles. The summed E-state index contributed by atoms with van der Waals surface area (Å²) in [4.78, 5) is 12.1. The van der Waals surface area contributed by atoms with Gasteiger partial charge in [-0.15, -0.1) is 11.8 Å². The Balaban J connectivity index is 2.21. The molecule has 1 aromatic carbocycles. The number of carboxylic acid groups (broad SMARTS) is 1. The molecule has 0 bridgehead atoms. The number of carboxylic acids is 1. The minimum atomic E-state index is -0.675. The van der Waals surface area contributed by atoms with Crippen molar-refractivity contribution in [3.63, 3.8) is 0 Å². The molecule has 1 N–H and O–H groups in total. The molecule has 3 heteroatoms. The summed E-state index contributed by atoms with van der Waals surface area (Å²) in [5.74, 6) is 0.662. The van der Waals surface area contributed by atoms with E-state index in [-0.39, 0.29) is 0 Å². The molecule has 0 saturated carbocycles. The van der Waals surface area contributed by atoms with Gasteiger partial charge >= 0.3 is 5.97 Å². The quantitative estimate of drug-likeness (QED) is 0.857. The average molecular weight is 236 g/mol. The van der Waals surface area contributed by atoms with E-state index in [0.29, 0.717) is 12.3 Å². The fourth-order valence-electron chi connectivity index (χ4n) is 2.24. The summed E-state index contributed by atoms with van der Waals surface area (Å²) in [5.41, 5.74) is 2.65. The molecule has 1 aliphatic rings. The molecule has 2 rings (SSSR count). The summed E-state index contributed by atoms with van der Waals surface area (Å²) >= 11 is 1.87. The number of aryl methyl sites for hydroxylation is 1. The van der Waals surface area contributed by atoms with Crippen molar-refractivity contribution in [1.29, 1.82) is 0 Å². The van der Waals surface area contributed by atoms with Crippen LogP contribution in [-0.2, 0) is 11.2 Å². The molecule has 0 radical (unpaired) electrons. The van der Waals surface area contributed by atoms with E-state index < -0.39 is 5.97 Å². The Morgan fingerprint density at radius 1 is 1.56 bits per heavy atom. The Hall–Kier alpha value is -0.960. The minimum Gasteiger partial charge on any atom is -0.481 e. The van der Waals surface area contributed by atoms with Crippen LogP contribution < -0.4 is 0 Å². The van der Waals surface area contributed by atoms with Gasteiger partial charge in [0.1, 0.15) is 0 Å². The lowest BCUT2D eigenvalue weighted by Gasteiger charge is -2.12. The zero-order valence-electron chi connectivity index (χ0n) is 9.40. The van der Waals surface area contributed by atoms with E-state index in [1.54, 1.807) is 0 Å². The molecule has 1 aromatic rings. The van der Waals surface area contributed by atoms with Gasteiger partial charge in [-0.1, -0.05) is 18.2 Å². The van der Waals surface area contributed by atoms with Crippen LogP contribution in [0, 0.1) is 12.8 Å². The monoisotopic (exact) mass is 236 g/mol. The number of benzene rings is 1. The molecule has 16 heavy (non-hydrogen) atoms. The maximum atomic E-state index is 10.8. The predicted octanol–water partition coefficient (Wildman–Crippen LogP) is 3.12. The zero-order valence-corrected chi connectivity index (χ0v) is 10.2. The van der Waals surface area contributed by atoms with E-state index in [9.17, 15) is 4.79 Å². The van der Waals surface area contributed by atoms with Crippen LogP contribution in [0.4, 0.5) is 0 Å². The van der Waals surface area contributed by atoms with Crippen LogP contribution in [0.1, 0.15) is 24.0 Å². The van der Waals surface area contributed by atoms with E-state index in [4.69, 9.17) is 5.11 Å². The number of hydrogen-bond acceptors (Lipinski definition) is 2. The highest BCUT2D eigenvalue weighted by Gasteiger charge is 2.20. The highest BCUT2D eigenvalue weighted by molar-refractivity contribution is 7.99. The second kappa shape index (κ2) is 4.91. The molecule has 0 fully saturated rings. The topological polar surface area (TPSA) is 37.3 Å². The van der Waals surface area contributed by atoms with Gasteiger partial charge in [0.15, 0.2) is 0 Å².